The van der Waals surface area contributed by atoms with E-state index in [9.17, 15) is 0 Å². The van der Waals surface area contributed by atoms with E-state index in [0.717, 1.165) is 23.1 Å². The van der Waals surface area contributed by atoms with Crippen molar-refractivity contribution in [3.63, 3.8) is 0 Å². The average molecular weight is 296 g/mol. The van der Waals surface area contributed by atoms with Crippen LogP contribution in [0.5, 0.6) is 5.75 Å². The fourth-order valence-corrected chi connectivity index (χ4v) is 2.97. The average Bonchev–Trinajstić information content (AvgIpc) is 2.56. The van der Waals surface area contributed by atoms with Crippen molar-refractivity contribution in [3.8, 4) is 5.75 Å². The molecule has 1 aliphatic rings. The number of ether oxygens (including phenoxy) is 1. The van der Waals surface area contributed by atoms with Gasteiger partial charge in [0.1, 0.15) is 18.2 Å². The summed E-state index contributed by atoms with van der Waals surface area (Å²) >= 11 is 0. The van der Waals surface area contributed by atoms with Gasteiger partial charge in [-0.2, -0.15) is 0 Å². The molecule has 2 aromatic rings. The maximum Gasteiger partial charge on any atom is 0.131 e. The Kier molecular flexibility index (Phi) is 4.71. The molecule has 3 rings (SSSR count). The first-order valence-electron chi connectivity index (χ1n) is 8.21. The number of aromatic nitrogens is 2. The first kappa shape index (κ1) is 15.0. The Morgan fingerprint density at radius 1 is 1.00 bits per heavy atom. The summed E-state index contributed by atoms with van der Waals surface area (Å²) in [7, 11) is 0. The Morgan fingerprint density at radius 3 is 2.27 bits per heavy atom. The van der Waals surface area contributed by atoms with E-state index in [0.29, 0.717) is 12.5 Å². The third-order valence-electron chi connectivity index (χ3n) is 4.53. The molecule has 0 bridgehead atoms. The van der Waals surface area contributed by atoms with Crippen molar-refractivity contribution in [2.75, 3.05) is 0 Å². The lowest BCUT2D eigenvalue weighted by Gasteiger charge is -2.24. The minimum Gasteiger partial charge on any atom is -0.489 e. The number of nitrogens with zero attached hydrogens (tertiary/aromatic N) is 2. The molecule has 3 heteroatoms. The zero-order chi connectivity index (χ0) is 15.4. The predicted octanol–water partition coefficient (Wildman–Crippen LogP) is 4.66. The first-order chi connectivity index (χ1) is 10.7. The van der Waals surface area contributed by atoms with Crippen molar-refractivity contribution in [2.24, 2.45) is 5.92 Å². The van der Waals surface area contributed by atoms with E-state index in [1.807, 2.05) is 24.5 Å². The highest BCUT2D eigenvalue weighted by Gasteiger charge is 2.21. The quantitative estimate of drug-likeness (QED) is 0.823. The van der Waals surface area contributed by atoms with E-state index in [4.69, 9.17) is 4.74 Å². The predicted molar refractivity (Wildman–Crippen MR) is 87.9 cm³/mol. The van der Waals surface area contributed by atoms with Crippen molar-refractivity contribution < 1.29 is 4.74 Å². The second-order valence-corrected chi connectivity index (χ2v) is 6.51. The molecule has 0 N–H and O–H groups in total. The molecular formula is C19H24N2O. The molecule has 1 fully saturated rings. The van der Waals surface area contributed by atoms with Crippen LogP contribution in [-0.4, -0.2) is 9.97 Å². The molecule has 1 heterocycles. The largest absolute Gasteiger partial charge is 0.489 e. The maximum atomic E-state index is 5.77. The van der Waals surface area contributed by atoms with Gasteiger partial charge in [-0.25, -0.2) is 9.97 Å². The van der Waals surface area contributed by atoms with Gasteiger partial charge < -0.3 is 4.74 Å². The van der Waals surface area contributed by atoms with Gasteiger partial charge >= 0.3 is 0 Å². The van der Waals surface area contributed by atoms with E-state index in [1.165, 1.54) is 31.2 Å². The highest BCUT2D eigenvalue weighted by Crippen LogP contribution is 2.33. The van der Waals surface area contributed by atoms with Gasteiger partial charge in [-0.1, -0.05) is 37.5 Å². The summed E-state index contributed by atoms with van der Waals surface area (Å²) in [5.41, 5.74) is 2.26. The van der Waals surface area contributed by atoms with Gasteiger partial charge in [0.15, 0.2) is 0 Å². The van der Waals surface area contributed by atoms with Crippen molar-refractivity contribution in [1.82, 2.24) is 9.97 Å². The lowest BCUT2D eigenvalue weighted by molar-refractivity contribution is 0.304. The minimum absolute atomic E-state index is 0.519. The second-order valence-electron chi connectivity index (χ2n) is 6.51. The molecule has 0 aliphatic heterocycles. The smallest absolute Gasteiger partial charge is 0.131 e. The standard InChI is InChI=1S/C19H24N2O/c1-14-3-7-17(8-4-14)19-20-11-16(12-21-19)13-22-18-9-5-15(2)6-10-18/h5-6,9-12,14,17H,3-4,7-8,13H2,1-2H3. The summed E-state index contributed by atoms with van der Waals surface area (Å²) in [6.07, 6.45) is 8.86. The topological polar surface area (TPSA) is 35.0 Å². The van der Waals surface area contributed by atoms with E-state index in [1.54, 1.807) is 0 Å². The molecule has 0 spiro atoms. The molecular weight excluding hydrogens is 272 g/mol. The fourth-order valence-electron chi connectivity index (χ4n) is 2.97. The summed E-state index contributed by atoms with van der Waals surface area (Å²) < 4.78 is 5.77. The maximum absolute atomic E-state index is 5.77. The zero-order valence-electron chi connectivity index (χ0n) is 13.5. The van der Waals surface area contributed by atoms with Gasteiger partial charge in [-0.3, -0.25) is 0 Å². The van der Waals surface area contributed by atoms with Crippen LogP contribution >= 0.6 is 0 Å². The Labute approximate surface area is 132 Å². The normalized spacial score (nSPS) is 21.5. The van der Waals surface area contributed by atoms with Crippen LogP contribution in [0.15, 0.2) is 36.7 Å². The van der Waals surface area contributed by atoms with Crippen LogP contribution in [0.3, 0.4) is 0 Å². The van der Waals surface area contributed by atoms with Crippen LogP contribution in [0.2, 0.25) is 0 Å². The molecule has 22 heavy (non-hydrogen) atoms. The second kappa shape index (κ2) is 6.91. The van der Waals surface area contributed by atoms with Crippen LogP contribution in [-0.2, 0) is 6.61 Å². The Bertz CT molecular complexity index is 584. The highest BCUT2D eigenvalue weighted by atomic mass is 16.5. The number of rotatable bonds is 4. The highest BCUT2D eigenvalue weighted by molar-refractivity contribution is 5.26. The van der Waals surface area contributed by atoms with Crippen molar-refractivity contribution in [3.05, 3.63) is 53.6 Å². The van der Waals surface area contributed by atoms with Gasteiger partial charge in [0.2, 0.25) is 0 Å². The molecule has 1 aromatic heterocycles. The number of hydrogen-bond donors (Lipinski definition) is 0. The third-order valence-corrected chi connectivity index (χ3v) is 4.53. The van der Waals surface area contributed by atoms with Crippen LogP contribution in [0.1, 0.15) is 55.5 Å². The van der Waals surface area contributed by atoms with E-state index >= 15 is 0 Å². The third kappa shape index (κ3) is 3.85. The molecule has 3 nitrogen and oxygen atoms in total. The van der Waals surface area contributed by atoms with E-state index in [-0.39, 0.29) is 0 Å². The molecule has 0 radical (unpaired) electrons. The molecule has 1 aromatic carbocycles. The van der Waals surface area contributed by atoms with Crippen molar-refractivity contribution in [1.29, 1.82) is 0 Å². The molecule has 0 amide bonds. The minimum atomic E-state index is 0.519. The van der Waals surface area contributed by atoms with Crippen LogP contribution in [0.25, 0.3) is 0 Å². The van der Waals surface area contributed by atoms with E-state index in [2.05, 4.69) is 35.9 Å². The van der Waals surface area contributed by atoms with Gasteiger partial charge in [-0.15, -0.1) is 0 Å². The van der Waals surface area contributed by atoms with Gasteiger partial charge in [0.05, 0.1) is 0 Å². The summed E-state index contributed by atoms with van der Waals surface area (Å²) in [4.78, 5) is 9.13. The summed E-state index contributed by atoms with van der Waals surface area (Å²) in [5, 5.41) is 0. The fraction of sp³-hybridized carbons (Fsp3) is 0.474. The number of hydrogen-bond acceptors (Lipinski definition) is 3. The summed E-state index contributed by atoms with van der Waals surface area (Å²) in [6, 6.07) is 8.10. The zero-order valence-corrected chi connectivity index (χ0v) is 13.5. The Morgan fingerprint density at radius 2 is 1.64 bits per heavy atom. The molecule has 0 saturated heterocycles. The summed E-state index contributed by atoms with van der Waals surface area (Å²) in [6.45, 7) is 4.93. The number of benzene rings is 1. The molecule has 1 saturated carbocycles. The van der Waals surface area contributed by atoms with Crippen molar-refractivity contribution >= 4 is 0 Å². The lowest BCUT2D eigenvalue weighted by Crippen LogP contribution is -2.13. The monoisotopic (exact) mass is 296 g/mol. The van der Waals surface area contributed by atoms with Gasteiger partial charge in [-0.05, 0) is 37.8 Å². The van der Waals surface area contributed by atoms with E-state index < -0.39 is 0 Å². The van der Waals surface area contributed by atoms with Crippen molar-refractivity contribution in [2.45, 2.75) is 52.1 Å². The van der Waals surface area contributed by atoms with Gasteiger partial charge in [0.25, 0.3) is 0 Å². The molecule has 116 valence electrons. The molecule has 0 atom stereocenters. The van der Waals surface area contributed by atoms with Crippen LogP contribution in [0.4, 0.5) is 0 Å². The molecule has 0 unspecified atom stereocenters. The lowest BCUT2D eigenvalue weighted by atomic mass is 9.82. The Hall–Kier alpha value is -1.90. The first-order valence-corrected chi connectivity index (χ1v) is 8.21. The van der Waals surface area contributed by atoms with Gasteiger partial charge in [0, 0.05) is 23.9 Å². The molecule has 1 aliphatic carbocycles. The Balaban J connectivity index is 1.56. The van der Waals surface area contributed by atoms with Crippen LogP contribution < -0.4 is 4.74 Å². The summed E-state index contributed by atoms with van der Waals surface area (Å²) in [5.74, 6) is 3.30. The SMILES string of the molecule is Cc1ccc(OCc2cnc(C3CCC(C)CC3)nc2)cc1. The van der Waals surface area contributed by atoms with Crippen LogP contribution in [0, 0.1) is 12.8 Å². The number of aryl methyl sites for hydroxylation is 1.